The van der Waals surface area contributed by atoms with E-state index in [1.54, 1.807) is 7.05 Å². The van der Waals surface area contributed by atoms with Gasteiger partial charge in [-0.15, -0.1) is 0 Å². The zero-order valence-electron chi connectivity index (χ0n) is 8.29. The van der Waals surface area contributed by atoms with Crippen LogP contribution in [-0.4, -0.2) is 13.3 Å². The minimum atomic E-state index is -0.181. The molecule has 1 N–H and O–H groups in total. The number of carbonyl (C=O) groups excluding carboxylic acids is 1. The molecule has 1 unspecified atom stereocenters. The molecule has 0 radical (unpaired) electrons. The van der Waals surface area contributed by atoms with E-state index in [0.29, 0.717) is 0 Å². The van der Waals surface area contributed by atoms with Crippen molar-refractivity contribution in [3.63, 3.8) is 0 Å². The molecule has 0 heterocycles. The van der Waals surface area contributed by atoms with Crippen molar-refractivity contribution in [1.82, 2.24) is 5.32 Å². The van der Waals surface area contributed by atoms with Crippen LogP contribution in [0.5, 0.6) is 0 Å². The first-order valence-corrected chi connectivity index (χ1v) is 4.38. The van der Waals surface area contributed by atoms with Gasteiger partial charge in [-0.3, -0.25) is 0 Å². The van der Waals surface area contributed by atoms with E-state index in [0.717, 1.165) is 11.8 Å². The van der Waals surface area contributed by atoms with Crippen molar-refractivity contribution in [2.75, 3.05) is 7.05 Å². The van der Waals surface area contributed by atoms with Gasteiger partial charge in [0.15, 0.2) is 0 Å². The first kappa shape index (κ1) is 9.93. The Bertz CT molecular complexity index is 307. The van der Waals surface area contributed by atoms with Gasteiger partial charge in [-0.1, -0.05) is 18.2 Å². The third-order valence-corrected chi connectivity index (χ3v) is 2.34. The van der Waals surface area contributed by atoms with Crippen LogP contribution in [0.15, 0.2) is 18.2 Å². The molecule has 2 nitrogen and oxygen atoms in total. The molecule has 2 heteroatoms. The smallest absolute Gasteiger partial charge is 0.141 e. The number of nitrogens with one attached hydrogen (secondary N) is 1. The van der Waals surface area contributed by atoms with Crippen LogP contribution in [0.25, 0.3) is 0 Å². The van der Waals surface area contributed by atoms with Gasteiger partial charge in [-0.05, 0) is 37.6 Å². The van der Waals surface area contributed by atoms with E-state index in [9.17, 15) is 4.79 Å². The lowest BCUT2D eigenvalue weighted by molar-refractivity contribution is -0.109. The molecule has 0 aliphatic heterocycles. The number of rotatable bonds is 3. The van der Waals surface area contributed by atoms with Crippen LogP contribution in [0.2, 0.25) is 0 Å². The number of benzene rings is 1. The Morgan fingerprint density at radius 3 is 2.46 bits per heavy atom. The second-order valence-corrected chi connectivity index (χ2v) is 3.25. The molecule has 0 aliphatic rings. The van der Waals surface area contributed by atoms with Gasteiger partial charge in [0.05, 0.1) is 6.04 Å². The molecule has 0 saturated heterocycles. The van der Waals surface area contributed by atoms with Crippen molar-refractivity contribution < 1.29 is 4.79 Å². The van der Waals surface area contributed by atoms with Crippen molar-refractivity contribution in [3.8, 4) is 0 Å². The van der Waals surface area contributed by atoms with Gasteiger partial charge in [0, 0.05) is 0 Å². The van der Waals surface area contributed by atoms with Crippen LogP contribution < -0.4 is 5.32 Å². The molecule has 70 valence electrons. The Balaban J connectivity index is 3.01. The van der Waals surface area contributed by atoms with Crippen LogP contribution in [0.1, 0.15) is 22.7 Å². The minimum absolute atomic E-state index is 0.181. The van der Waals surface area contributed by atoms with E-state index in [4.69, 9.17) is 0 Å². The summed E-state index contributed by atoms with van der Waals surface area (Å²) in [5, 5.41) is 2.95. The summed E-state index contributed by atoms with van der Waals surface area (Å²) in [5.74, 6) is 0. The van der Waals surface area contributed by atoms with Crippen molar-refractivity contribution in [3.05, 3.63) is 34.9 Å². The van der Waals surface area contributed by atoms with E-state index in [1.165, 1.54) is 11.1 Å². The average Bonchev–Trinajstić information content (AvgIpc) is 2.13. The molecule has 1 aromatic rings. The van der Waals surface area contributed by atoms with Crippen LogP contribution in [0, 0.1) is 13.8 Å². The molecular weight excluding hydrogens is 162 g/mol. The molecule has 0 saturated carbocycles. The summed E-state index contributed by atoms with van der Waals surface area (Å²) in [6.07, 6.45) is 0.921. The van der Waals surface area contributed by atoms with Crippen LogP contribution in [0.4, 0.5) is 0 Å². The van der Waals surface area contributed by atoms with Gasteiger partial charge < -0.3 is 10.1 Å². The predicted molar refractivity (Wildman–Crippen MR) is 53.8 cm³/mol. The normalized spacial score (nSPS) is 12.5. The van der Waals surface area contributed by atoms with Gasteiger partial charge in [0.1, 0.15) is 6.29 Å². The molecular formula is C11H15NO. The number of aryl methyl sites for hydroxylation is 2. The number of hydrogen-bond acceptors (Lipinski definition) is 2. The summed E-state index contributed by atoms with van der Waals surface area (Å²) in [6.45, 7) is 4.12. The zero-order chi connectivity index (χ0) is 9.84. The molecule has 0 fully saturated rings. The minimum Gasteiger partial charge on any atom is -0.307 e. The topological polar surface area (TPSA) is 29.1 Å². The number of aldehydes is 1. The Morgan fingerprint density at radius 2 is 2.00 bits per heavy atom. The molecule has 1 atom stereocenters. The molecule has 0 aromatic heterocycles. The zero-order valence-corrected chi connectivity index (χ0v) is 8.29. The Kier molecular flexibility index (Phi) is 3.20. The predicted octanol–water partition coefficient (Wildman–Crippen LogP) is 1.76. The fourth-order valence-electron chi connectivity index (χ4n) is 1.27. The molecule has 0 spiro atoms. The van der Waals surface area contributed by atoms with Crippen molar-refractivity contribution in [2.45, 2.75) is 19.9 Å². The van der Waals surface area contributed by atoms with Gasteiger partial charge in [-0.2, -0.15) is 0 Å². The van der Waals surface area contributed by atoms with Crippen LogP contribution in [-0.2, 0) is 4.79 Å². The van der Waals surface area contributed by atoms with Crippen molar-refractivity contribution >= 4 is 6.29 Å². The number of likely N-dealkylation sites (N-methyl/N-ethyl adjacent to an activating group) is 1. The maximum atomic E-state index is 10.7. The highest BCUT2D eigenvalue weighted by Crippen LogP contribution is 2.15. The SMILES string of the molecule is CNC(C=O)c1ccc(C)c(C)c1. The summed E-state index contributed by atoms with van der Waals surface area (Å²) >= 11 is 0. The average molecular weight is 177 g/mol. The van der Waals surface area contributed by atoms with Gasteiger partial charge in [0.2, 0.25) is 0 Å². The highest BCUT2D eigenvalue weighted by Gasteiger charge is 2.07. The summed E-state index contributed by atoms with van der Waals surface area (Å²) in [6, 6.07) is 5.89. The maximum Gasteiger partial charge on any atom is 0.141 e. The standard InChI is InChI=1S/C11H15NO/c1-8-4-5-10(6-9(8)2)11(7-13)12-3/h4-7,11-12H,1-3H3. The largest absolute Gasteiger partial charge is 0.307 e. The summed E-state index contributed by atoms with van der Waals surface area (Å²) < 4.78 is 0. The third-order valence-electron chi connectivity index (χ3n) is 2.34. The summed E-state index contributed by atoms with van der Waals surface area (Å²) in [4.78, 5) is 10.7. The fourth-order valence-corrected chi connectivity index (χ4v) is 1.27. The van der Waals surface area contributed by atoms with E-state index >= 15 is 0 Å². The molecule has 1 aromatic carbocycles. The van der Waals surface area contributed by atoms with E-state index in [2.05, 4.69) is 19.2 Å². The summed E-state index contributed by atoms with van der Waals surface area (Å²) in [5.41, 5.74) is 3.50. The second kappa shape index (κ2) is 4.19. The maximum absolute atomic E-state index is 10.7. The van der Waals surface area contributed by atoms with Gasteiger partial charge >= 0.3 is 0 Å². The lowest BCUT2D eigenvalue weighted by Gasteiger charge is -2.10. The van der Waals surface area contributed by atoms with Crippen LogP contribution in [0.3, 0.4) is 0 Å². The van der Waals surface area contributed by atoms with Gasteiger partial charge in [-0.25, -0.2) is 0 Å². The number of hydrogen-bond donors (Lipinski definition) is 1. The molecule has 0 amide bonds. The molecule has 1 rings (SSSR count). The third kappa shape index (κ3) is 2.16. The summed E-state index contributed by atoms with van der Waals surface area (Å²) in [7, 11) is 1.79. The lowest BCUT2D eigenvalue weighted by atomic mass is 10.0. The van der Waals surface area contributed by atoms with Gasteiger partial charge in [0.25, 0.3) is 0 Å². The highest BCUT2D eigenvalue weighted by atomic mass is 16.1. The first-order valence-electron chi connectivity index (χ1n) is 4.38. The van der Waals surface area contributed by atoms with E-state index in [-0.39, 0.29) is 6.04 Å². The molecule has 0 bridgehead atoms. The van der Waals surface area contributed by atoms with E-state index < -0.39 is 0 Å². The second-order valence-electron chi connectivity index (χ2n) is 3.25. The lowest BCUT2D eigenvalue weighted by Crippen LogP contribution is -2.17. The van der Waals surface area contributed by atoms with Crippen molar-refractivity contribution in [1.29, 1.82) is 0 Å². The van der Waals surface area contributed by atoms with Crippen LogP contribution >= 0.6 is 0 Å². The Hall–Kier alpha value is -1.15. The Morgan fingerprint density at radius 1 is 1.31 bits per heavy atom. The van der Waals surface area contributed by atoms with E-state index in [1.807, 2.05) is 18.2 Å². The quantitative estimate of drug-likeness (QED) is 0.713. The van der Waals surface area contributed by atoms with Crippen molar-refractivity contribution in [2.24, 2.45) is 0 Å². The number of carbonyl (C=O) groups is 1. The molecule has 0 aliphatic carbocycles. The molecule has 13 heavy (non-hydrogen) atoms. The monoisotopic (exact) mass is 177 g/mol. The fraction of sp³-hybridized carbons (Fsp3) is 0.364. The first-order chi connectivity index (χ1) is 6.19. The Labute approximate surface area is 79.0 Å². The highest BCUT2D eigenvalue weighted by molar-refractivity contribution is 5.61.